The number of halogens is 3. The van der Waals surface area contributed by atoms with Gasteiger partial charge in [-0.2, -0.15) is 18.4 Å². The molecule has 4 rings (SSSR count). The molecule has 11 heteroatoms. The minimum atomic E-state index is -4.63. The summed E-state index contributed by atoms with van der Waals surface area (Å²) in [6, 6.07) is 18.9. The fraction of sp³-hybridized carbons (Fsp3) is 0.148. The zero-order valence-electron chi connectivity index (χ0n) is 19.9. The number of anilines is 2. The van der Waals surface area contributed by atoms with Gasteiger partial charge in [-0.05, 0) is 43.3 Å². The molecule has 1 aromatic heterocycles. The molecule has 2 amide bonds. The number of allylic oxidation sites excluding steroid dienone is 2. The number of nitriles is 1. The van der Waals surface area contributed by atoms with Crippen molar-refractivity contribution < 1.29 is 27.2 Å². The first-order valence-electron chi connectivity index (χ1n) is 11.3. The summed E-state index contributed by atoms with van der Waals surface area (Å²) in [5.41, 5.74) is 0.0713. The van der Waals surface area contributed by atoms with Crippen LogP contribution < -0.4 is 16.0 Å². The van der Waals surface area contributed by atoms with E-state index < -0.39 is 29.5 Å². The van der Waals surface area contributed by atoms with Crippen LogP contribution in [0.4, 0.5) is 24.5 Å². The van der Waals surface area contributed by atoms with E-state index in [4.69, 9.17) is 4.42 Å². The van der Waals surface area contributed by atoms with Crippen molar-refractivity contribution in [2.24, 2.45) is 0 Å². The van der Waals surface area contributed by atoms with Crippen LogP contribution in [0.2, 0.25) is 0 Å². The monoisotopic (exact) mass is 538 g/mol. The second kappa shape index (κ2) is 11.3. The van der Waals surface area contributed by atoms with Crippen LogP contribution in [-0.4, -0.2) is 17.6 Å². The van der Waals surface area contributed by atoms with Crippen molar-refractivity contribution in [1.29, 1.82) is 5.26 Å². The first-order valence-corrected chi connectivity index (χ1v) is 12.3. The summed E-state index contributed by atoms with van der Waals surface area (Å²) in [6.45, 7) is 1.66. The Bertz CT molecular complexity index is 1440. The molecule has 2 heterocycles. The lowest BCUT2D eigenvalue weighted by Gasteiger charge is -2.28. The standard InChI is InChI=1S/C27H21F3N4O3S/c1-16-23(25(36)33-17-8-3-2-4-9-17)24(21-12-7-13-37-21)18(14-31)26(32-16)38-15-22(35)34-20-11-6-5-10-19(20)27(28,29)30/h2-13,24,32H,15H2,1H3,(H,33,36)(H,34,35)/t24-/m0/s1. The fourth-order valence-electron chi connectivity index (χ4n) is 3.95. The Labute approximate surface area is 220 Å². The van der Waals surface area contributed by atoms with Gasteiger partial charge >= 0.3 is 6.18 Å². The average Bonchev–Trinajstić information content (AvgIpc) is 3.42. The lowest BCUT2D eigenvalue weighted by molar-refractivity contribution is -0.137. The maximum absolute atomic E-state index is 13.3. The van der Waals surface area contributed by atoms with E-state index in [2.05, 4.69) is 22.0 Å². The Hall–Kier alpha value is -4.43. The molecule has 0 saturated heterocycles. The van der Waals surface area contributed by atoms with Gasteiger partial charge in [-0.25, -0.2) is 0 Å². The number of nitrogens with zero attached hydrogens (tertiary/aromatic N) is 1. The maximum Gasteiger partial charge on any atom is 0.418 e. The summed E-state index contributed by atoms with van der Waals surface area (Å²) < 4.78 is 45.4. The topological polar surface area (TPSA) is 107 Å². The van der Waals surface area contributed by atoms with Crippen LogP contribution in [-0.2, 0) is 15.8 Å². The largest absolute Gasteiger partial charge is 0.468 e. The van der Waals surface area contributed by atoms with Gasteiger partial charge in [-0.1, -0.05) is 42.1 Å². The van der Waals surface area contributed by atoms with E-state index in [0.29, 0.717) is 22.2 Å². The molecule has 2 aromatic carbocycles. The number of rotatable bonds is 7. The number of alkyl halides is 3. The van der Waals surface area contributed by atoms with Crippen LogP contribution in [0, 0.1) is 11.3 Å². The molecule has 0 fully saturated rings. The normalized spacial score (nSPS) is 15.5. The molecular weight excluding hydrogens is 517 g/mol. The Balaban J connectivity index is 1.57. The number of hydrogen-bond donors (Lipinski definition) is 3. The Kier molecular flexibility index (Phi) is 7.93. The van der Waals surface area contributed by atoms with Crippen molar-refractivity contribution in [2.75, 3.05) is 16.4 Å². The molecular formula is C27H21F3N4O3S. The summed E-state index contributed by atoms with van der Waals surface area (Å²) in [6.07, 6.45) is -3.21. The van der Waals surface area contributed by atoms with Gasteiger partial charge in [0.1, 0.15) is 5.76 Å². The number of benzene rings is 2. The molecule has 194 valence electrons. The molecule has 1 aliphatic heterocycles. The van der Waals surface area contributed by atoms with Gasteiger partial charge in [-0.3, -0.25) is 9.59 Å². The second-order valence-corrected chi connectivity index (χ2v) is 9.15. The summed E-state index contributed by atoms with van der Waals surface area (Å²) in [7, 11) is 0. The van der Waals surface area contributed by atoms with Gasteiger partial charge < -0.3 is 20.4 Å². The van der Waals surface area contributed by atoms with E-state index in [1.54, 1.807) is 43.3 Å². The van der Waals surface area contributed by atoms with E-state index in [-0.39, 0.29) is 22.6 Å². The van der Waals surface area contributed by atoms with Crippen molar-refractivity contribution >= 4 is 35.0 Å². The van der Waals surface area contributed by atoms with Crippen molar-refractivity contribution in [3.63, 3.8) is 0 Å². The minimum absolute atomic E-state index is 0.136. The van der Waals surface area contributed by atoms with Crippen molar-refractivity contribution in [2.45, 2.75) is 19.0 Å². The molecule has 0 bridgehead atoms. The SMILES string of the molecule is CC1=C(C(=O)Nc2ccccc2)[C@H](c2ccco2)C(C#N)=C(SCC(=O)Nc2ccccc2C(F)(F)F)N1. The lowest BCUT2D eigenvalue weighted by Crippen LogP contribution is -2.31. The van der Waals surface area contributed by atoms with Crippen LogP contribution in [0.1, 0.15) is 24.2 Å². The van der Waals surface area contributed by atoms with Crippen LogP contribution >= 0.6 is 11.8 Å². The third-order valence-corrected chi connectivity index (χ3v) is 6.62. The minimum Gasteiger partial charge on any atom is -0.468 e. The van der Waals surface area contributed by atoms with Crippen molar-refractivity contribution in [3.8, 4) is 6.07 Å². The smallest absolute Gasteiger partial charge is 0.418 e. The van der Waals surface area contributed by atoms with Crippen molar-refractivity contribution in [3.05, 3.63) is 106 Å². The number of carbonyl (C=O) groups is 2. The third kappa shape index (κ3) is 5.92. The zero-order valence-corrected chi connectivity index (χ0v) is 20.7. The van der Waals surface area contributed by atoms with Gasteiger partial charge in [-0.15, -0.1) is 0 Å². The number of thioether (sulfide) groups is 1. The molecule has 0 saturated carbocycles. The van der Waals surface area contributed by atoms with Gasteiger partial charge in [0.25, 0.3) is 5.91 Å². The number of carbonyl (C=O) groups excluding carboxylic acids is 2. The third-order valence-electron chi connectivity index (χ3n) is 5.61. The van der Waals surface area contributed by atoms with Gasteiger partial charge in [0.05, 0.1) is 51.4 Å². The summed E-state index contributed by atoms with van der Waals surface area (Å²) in [5.74, 6) is -1.94. The Morgan fingerprint density at radius 1 is 1.05 bits per heavy atom. The highest BCUT2D eigenvalue weighted by Crippen LogP contribution is 2.41. The number of para-hydroxylation sites is 2. The van der Waals surface area contributed by atoms with Crippen molar-refractivity contribution in [1.82, 2.24) is 5.32 Å². The first kappa shape index (κ1) is 26.6. The molecule has 0 aliphatic carbocycles. The average molecular weight is 539 g/mol. The maximum atomic E-state index is 13.3. The highest BCUT2D eigenvalue weighted by Gasteiger charge is 2.37. The van der Waals surface area contributed by atoms with Gasteiger partial charge in [0, 0.05) is 11.4 Å². The van der Waals surface area contributed by atoms with E-state index in [1.807, 2.05) is 6.07 Å². The van der Waals surface area contributed by atoms with Crippen LogP contribution in [0.5, 0.6) is 0 Å². The summed E-state index contributed by atoms with van der Waals surface area (Å²) >= 11 is 0.938. The highest BCUT2D eigenvalue weighted by molar-refractivity contribution is 8.03. The lowest BCUT2D eigenvalue weighted by atomic mass is 9.85. The van der Waals surface area contributed by atoms with E-state index >= 15 is 0 Å². The molecule has 3 aromatic rings. The zero-order chi connectivity index (χ0) is 27.3. The van der Waals surface area contributed by atoms with Crippen LogP contribution in [0.15, 0.2) is 99.3 Å². The molecule has 0 unspecified atom stereocenters. The Morgan fingerprint density at radius 3 is 2.42 bits per heavy atom. The van der Waals surface area contributed by atoms with E-state index in [1.165, 1.54) is 24.5 Å². The Morgan fingerprint density at radius 2 is 1.76 bits per heavy atom. The van der Waals surface area contributed by atoms with Gasteiger partial charge in [0.15, 0.2) is 0 Å². The van der Waals surface area contributed by atoms with Crippen LogP contribution in [0.25, 0.3) is 0 Å². The number of hydrogen-bond acceptors (Lipinski definition) is 6. The van der Waals surface area contributed by atoms with E-state index in [9.17, 15) is 28.0 Å². The molecule has 0 radical (unpaired) electrons. The summed E-state index contributed by atoms with van der Waals surface area (Å²) in [5, 5.41) is 18.5. The number of dihydropyridines is 1. The molecule has 1 aliphatic rings. The molecule has 38 heavy (non-hydrogen) atoms. The quantitative estimate of drug-likeness (QED) is 0.340. The van der Waals surface area contributed by atoms with E-state index in [0.717, 1.165) is 17.8 Å². The fourth-order valence-corrected chi connectivity index (χ4v) is 4.84. The first-order chi connectivity index (χ1) is 18.2. The molecule has 1 atom stereocenters. The summed E-state index contributed by atoms with van der Waals surface area (Å²) in [4.78, 5) is 25.9. The number of furan rings is 1. The van der Waals surface area contributed by atoms with Crippen LogP contribution in [0.3, 0.4) is 0 Å². The molecule has 7 nitrogen and oxygen atoms in total. The number of amides is 2. The highest BCUT2D eigenvalue weighted by atomic mass is 32.2. The molecule has 3 N–H and O–H groups in total. The number of nitrogens with one attached hydrogen (secondary N) is 3. The van der Waals surface area contributed by atoms with Gasteiger partial charge in [0.2, 0.25) is 5.91 Å². The second-order valence-electron chi connectivity index (χ2n) is 8.17. The predicted octanol–water partition coefficient (Wildman–Crippen LogP) is 6.00. The predicted molar refractivity (Wildman–Crippen MR) is 138 cm³/mol. The molecule has 0 spiro atoms.